The lowest BCUT2D eigenvalue weighted by Gasteiger charge is -2.22. The third-order valence-corrected chi connectivity index (χ3v) is 3.78. The fourth-order valence-electron chi connectivity index (χ4n) is 2.48. The second kappa shape index (κ2) is 10.7. The molecule has 0 aliphatic heterocycles. The van der Waals surface area contributed by atoms with Crippen molar-refractivity contribution in [2.45, 2.75) is 19.5 Å². The standard InChI is InChI=1S/C20H23N3O3/c24-16-21-12-7-13-22-19(25)20(26)23(14-17-8-3-1-4-9-17)15-18-10-5-2-6-11-18/h1-6,8-11,16H,7,12-15H2,(H,21,24)(H,22,25). The van der Waals surface area contributed by atoms with Gasteiger partial charge in [0.25, 0.3) is 0 Å². The molecular weight excluding hydrogens is 330 g/mol. The van der Waals surface area contributed by atoms with Crippen LogP contribution in [0.3, 0.4) is 0 Å². The molecule has 0 bridgehead atoms. The summed E-state index contributed by atoms with van der Waals surface area (Å²) in [4.78, 5) is 36.5. The second-order valence-electron chi connectivity index (χ2n) is 5.81. The molecule has 2 N–H and O–H groups in total. The van der Waals surface area contributed by atoms with E-state index in [9.17, 15) is 14.4 Å². The zero-order valence-corrected chi connectivity index (χ0v) is 14.6. The van der Waals surface area contributed by atoms with E-state index in [1.54, 1.807) is 0 Å². The summed E-state index contributed by atoms with van der Waals surface area (Å²) in [6.45, 7) is 1.50. The molecule has 26 heavy (non-hydrogen) atoms. The first kappa shape index (κ1) is 19.2. The molecule has 136 valence electrons. The van der Waals surface area contributed by atoms with E-state index in [-0.39, 0.29) is 0 Å². The topological polar surface area (TPSA) is 78.5 Å². The minimum atomic E-state index is -0.636. The summed E-state index contributed by atoms with van der Waals surface area (Å²) in [5.74, 6) is -1.20. The Labute approximate surface area is 153 Å². The zero-order chi connectivity index (χ0) is 18.6. The van der Waals surface area contributed by atoms with E-state index in [1.807, 2.05) is 60.7 Å². The van der Waals surface area contributed by atoms with Crippen LogP contribution in [-0.4, -0.2) is 36.2 Å². The molecule has 3 amide bonds. The zero-order valence-electron chi connectivity index (χ0n) is 14.6. The maximum absolute atomic E-state index is 12.6. The van der Waals surface area contributed by atoms with Gasteiger partial charge in [-0.25, -0.2) is 0 Å². The lowest BCUT2D eigenvalue weighted by Crippen LogP contribution is -2.43. The minimum absolute atomic E-state index is 0.329. The van der Waals surface area contributed by atoms with Crippen LogP contribution in [0.4, 0.5) is 0 Å². The molecular formula is C20H23N3O3. The molecule has 6 nitrogen and oxygen atoms in total. The summed E-state index contributed by atoms with van der Waals surface area (Å²) in [6.07, 6.45) is 1.17. The van der Waals surface area contributed by atoms with Gasteiger partial charge in [-0.05, 0) is 17.5 Å². The normalized spacial score (nSPS) is 10.0. The van der Waals surface area contributed by atoms with Crippen LogP contribution < -0.4 is 10.6 Å². The van der Waals surface area contributed by atoms with Gasteiger partial charge in [-0.15, -0.1) is 0 Å². The Morgan fingerprint density at radius 3 is 1.88 bits per heavy atom. The first-order valence-electron chi connectivity index (χ1n) is 8.52. The number of nitrogens with one attached hydrogen (secondary N) is 2. The van der Waals surface area contributed by atoms with Crippen molar-refractivity contribution < 1.29 is 14.4 Å². The summed E-state index contributed by atoms with van der Waals surface area (Å²) in [7, 11) is 0. The molecule has 0 spiro atoms. The van der Waals surface area contributed by atoms with Crippen LogP contribution in [0.5, 0.6) is 0 Å². The molecule has 2 aromatic carbocycles. The highest BCUT2D eigenvalue weighted by Gasteiger charge is 2.21. The van der Waals surface area contributed by atoms with Crippen LogP contribution in [0, 0.1) is 0 Å². The van der Waals surface area contributed by atoms with Crippen molar-refractivity contribution >= 4 is 18.2 Å². The number of amides is 3. The summed E-state index contributed by atoms with van der Waals surface area (Å²) >= 11 is 0. The predicted octanol–water partition coefficient (Wildman–Crippen LogP) is 1.47. The van der Waals surface area contributed by atoms with Gasteiger partial charge in [-0.2, -0.15) is 0 Å². The summed E-state index contributed by atoms with van der Waals surface area (Å²) < 4.78 is 0. The molecule has 2 aromatic rings. The monoisotopic (exact) mass is 353 g/mol. The van der Waals surface area contributed by atoms with E-state index < -0.39 is 11.8 Å². The number of nitrogens with zero attached hydrogens (tertiary/aromatic N) is 1. The van der Waals surface area contributed by atoms with Crippen molar-refractivity contribution in [1.29, 1.82) is 0 Å². The van der Waals surface area contributed by atoms with E-state index >= 15 is 0 Å². The second-order valence-corrected chi connectivity index (χ2v) is 5.81. The van der Waals surface area contributed by atoms with Crippen LogP contribution in [-0.2, 0) is 27.5 Å². The van der Waals surface area contributed by atoms with Gasteiger partial charge >= 0.3 is 11.8 Å². The molecule has 0 unspecified atom stereocenters. The highest BCUT2D eigenvalue weighted by atomic mass is 16.2. The van der Waals surface area contributed by atoms with E-state index in [1.165, 1.54) is 4.90 Å². The first-order valence-corrected chi connectivity index (χ1v) is 8.52. The van der Waals surface area contributed by atoms with Gasteiger partial charge in [-0.3, -0.25) is 14.4 Å². The Morgan fingerprint density at radius 1 is 0.846 bits per heavy atom. The minimum Gasteiger partial charge on any atom is -0.359 e. The van der Waals surface area contributed by atoms with Crippen molar-refractivity contribution in [3.05, 3.63) is 71.8 Å². The number of benzene rings is 2. The summed E-state index contributed by atoms with van der Waals surface area (Å²) in [5, 5.41) is 5.12. The van der Waals surface area contributed by atoms with E-state index in [0.29, 0.717) is 39.0 Å². The first-order chi connectivity index (χ1) is 12.7. The molecule has 0 atom stereocenters. The van der Waals surface area contributed by atoms with Gasteiger partial charge < -0.3 is 15.5 Å². The van der Waals surface area contributed by atoms with Crippen molar-refractivity contribution in [2.24, 2.45) is 0 Å². The van der Waals surface area contributed by atoms with Crippen LogP contribution in [0.2, 0.25) is 0 Å². The molecule has 0 saturated heterocycles. The molecule has 2 rings (SSSR count). The van der Waals surface area contributed by atoms with E-state index in [2.05, 4.69) is 10.6 Å². The number of rotatable bonds is 9. The molecule has 0 aliphatic rings. The Hall–Kier alpha value is -3.15. The van der Waals surface area contributed by atoms with Crippen LogP contribution >= 0.6 is 0 Å². The summed E-state index contributed by atoms with van der Waals surface area (Å²) in [6, 6.07) is 19.1. The van der Waals surface area contributed by atoms with Gasteiger partial charge in [0.15, 0.2) is 0 Å². The fourth-order valence-corrected chi connectivity index (χ4v) is 2.48. The van der Waals surface area contributed by atoms with Crippen molar-refractivity contribution in [2.75, 3.05) is 13.1 Å². The molecule has 0 fully saturated rings. The highest BCUT2D eigenvalue weighted by Crippen LogP contribution is 2.10. The third kappa shape index (κ3) is 6.39. The number of hydrogen-bond acceptors (Lipinski definition) is 3. The Balaban J connectivity index is 2.00. The average molecular weight is 353 g/mol. The predicted molar refractivity (Wildman–Crippen MR) is 98.8 cm³/mol. The SMILES string of the molecule is O=CNCCCNC(=O)C(=O)N(Cc1ccccc1)Cc1ccccc1. The fraction of sp³-hybridized carbons (Fsp3) is 0.250. The maximum Gasteiger partial charge on any atom is 0.312 e. The largest absolute Gasteiger partial charge is 0.359 e. The number of hydrogen-bond donors (Lipinski definition) is 2. The Kier molecular flexibility index (Phi) is 7.86. The van der Waals surface area contributed by atoms with Crippen LogP contribution in [0.15, 0.2) is 60.7 Å². The molecule has 6 heteroatoms. The van der Waals surface area contributed by atoms with Gasteiger partial charge in [0, 0.05) is 26.2 Å². The lowest BCUT2D eigenvalue weighted by molar-refractivity contribution is -0.146. The average Bonchev–Trinajstić information content (AvgIpc) is 2.68. The van der Waals surface area contributed by atoms with Crippen LogP contribution in [0.1, 0.15) is 17.5 Å². The van der Waals surface area contributed by atoms with E-state index in [0.717, 1.165) is 11.1 Å². The number of carbonyl (C=O) groups excluding carboxylic acids is 3. The highest BCUT2D eigenvalue weighted by molar-refractivity contribution is 6.34. The van der Waals surface area contributed by atoms with Gasteiger partial charge in [0.1, 0.15) is 0 Å². The lowest BCUT2D eigenvalue weighted by atomic mass is 10.1. The van der Waals surface area contributed by atoms with Gasteiger partial charge in [0.2, 0.25) is 6.41 Å². The smallest absolute Gasteiger partial charge is 0.312 e. The molecule has 0 radical (unpaired) electrons. The van der Waals surface area contributed by atoms with Gasteiger partial charge in [-0.1, -0.05) is 60.7 Å². The van der Waals surface area contributed by atoms with Gasteiger partial charge in [0.05, 0.1) is 0 Å². The third-order valence-electron chi connectivity index (χ3n) is 3.78. The molecule has 0 aliphatic carbocycles. The van der Waals surface area contributed by atoms with E-state index in [4.69, 9.17) is 0 Å². The maximum atomic E-state index is 12.6. The summed E-state index contributed by atoms with van der Waals surface area (Å²) in [5.41, 5.74) is 1.92. The molecule has 0 heterocycles. The Morgan fingerprint density at radius 2 is 1.38 bits per heavy atom. The number of carbonyl (C=O) groups is 3. The molecule has 0 aromatic heterocycles. The van der Waals surface area contributed by atoms with Crippen molar-refractivity contribution in [1.82, 2.24) is 15.5 Å². The van der Waals surface area contributed by atoms with Crippen molar-refractivity contribution in [3.8, 4) is 0 Å². The van der Waals surface area contributed by atoms with Crippen LogP contribution in [0.25, 0.3) is 0 Å². The molecule has 0 saturated carbocycles. The Bertz CT molecular complexity index is 663. The quantitative estimate of drug-likeness (QED) is 0.407. The van der Waals surface area contributed by atoms with Crippen molar-refractivity contribution in [3.63, 3.8) is 0 Å².